The summed E-state index contributed by atoms with van der Waals surface area (Å²) in [4.78, 5) is 6.91. The molecule has 0 amide bonds. The largest absolute Gasteiger partial charge is 0.381 e. The molecule has 2 N–H and O–H groups in total. The van der Waals surface area contributed by atoms with Gasteiger partial charge in [-0.3, -0.25) is 0 Å². The summed E-state index contributed by atoms with van der Waals surface area (Å²) in [6.07, 6.45) is 2.33. The second-order valence-corrected chi connectivity index (χ2v) is 5.79. The van der Waals surface area contributed by atoms with Gasteiger partial charge in [0, 0.05) is 43.7 Å². The second-order valence-electron chi connectivity index (χ2n) is 5.05. The minimum atomic E-state index is 0.316. The Balaban J connectivity index is 2.11. The molecule has 102 valence electrons. The summed E-state index contributed by atoms with van der Waals surface area (Å²) in [5.74, 6) is 1.31. The maximum Gasteiger partial charge on any atom is 0.205 e. The van der Waals surface area contributed by atoms with E-state index in [-0.39, 0.29) is 0 Å². The van der Waals surface area contributed by atoms with Crippen LogP contribution >= 0.6 is 11.5 Å². The molecule has 2 unspecified atom stereocenters. The van der Waals surface area contributed by atoms with Gasteiger partial charge in [-0.15, -0.1) is 0 Å². The highest BCUT2D eigenvalue weighted by molar-refractivity contribution is 7.09. The fraction of sp³-hybridized carbons (Fsp3) is 0.833. The molecule has 1 aliphatic rings. The first-order chi connectivity index (χ1) is 8.65. The maximum atomic E-state index is 5.87. The predicted octanol–water partition coefficient (Wildman–Crippen LogP) is 1.60. The molecule has 0 bridgehead atoms. The molecule has 0 aliphatic carbocycles. The third kappa shape index (κ3) is 2.81. The van der Waals surface area contributed by atoms with Crippen LogP contribution in [0.2, 0.25) is 0 Å². The number of rotatable bonds is 4. The van der Waals surface area contributed by atoms with Crippen molar-refractivity contribution >= 4 is 16.7 Å². The zero-order chi connectivity index (χ0) is 13.1. The van der Waals surface area contributed by atoms with Crippen LogP contribution in [0.3, 0.4) is 0 Å². The Kier molecular flexibility index (Phi) is 4.53. The Labute approximate surface area is 113 Å². The highest BCUT2D eigenvalue weighted by Gasteiger charge is 2.29. The second kappa shape index (κ2) is 5.95. The number of piperidine rings is 1. The van der Waals surface area contributed by atoms with Gasteiger partial charge in [0.2, 0.25) is 5.13 Å². The molecule has 2 atom stereocenters. The summed E-state index contributed by atoms with van der Waals surface area (Å²) < 4.78 is 9.85. The van der Waals surface area contributed by atoms with Gasteiger partial charge in [-0.2, -0.15) is 4.37 Å². The summed E-state index contributed by atoms with van der Waals surface area (Å²) in [6.45, 7) is 5.82. The van der Waals surface area contributed by atoms with Crippen molar-refractivity contribution in [1.82, 2.24) is 9.36 Å². The maximum absolute atomic E-state index is 5.87. The van der Waals surface area contributed by atoms with Gasteiger partial charge in [0.05, 0.1) is 6.10 Å². The number of nitrogens with zero attached hydrogens (tertiary/aromatic N) is 3. The van der Waals surface area contributed by atoms with Crippen molar-refractivity contribution in [3.8, 4) is 0 Å². The predicted molar refractivity (Wildman–Crippen MR) is 74.2 cm³/mol. The molecule has 1 fully saturated rings. The van der Waals surface area contributed by atoms with E-state index in [4.69, 9.17) is 10.5 Å². The first-order valence-corrected chi connectivity index (χ1v) is 7.26. The van der Waals surface area contributed by atoms with E-state index in [1.54, 1.807) is 7.11 Å². The van der Waals surface area contributed by atoms with Gasteiger partial charge in [-0.25, -0.2) is 4.98 Å². The lowest BCUT2D eigenvalue weighted by Crippen LogP contribution is -2.48. The van der Waals surface area contributed by atoms with Gasteiger partial charge in [0.1, 0.15) is 5.82 Å². The van der Waals surface area contributed by atoms with Crippen LogP contribution in [0, 0.1) is 0 Å². The fourth-order valence-electron chi connectivity index (χ4n) is 2.28. The molecule has 6 heteroatoms. The molecule has 5 nitrogen and oxygen atoms in total. The van der Waals surface area contributed by atoms with Crippen molar-refractivity contribution in [3.05, 3.63) is 5.82 Å². The smallest absolute Gasteiger partial charge is 0.205 e. The van der Waals surface area contributed by atoms with Gasteiger partial charge in [-0.1, -0.05) is 13.8 Å². The monoisotopic (exact) mass is 270 g/mol. The number of nitrogens with two attached hydrogens (primary N) is 1. The highest BCUT2D eigenvalue weighted by Crippen LogP contribution is 2.28. The molecule has 0 saturated carbocycles. The van der Waals surface area contributed by atoms with Crippen LogP contribution in [0.1, 0.15) is 38.4 Å². The van der Waals surface area contributed by atoms with E-state index in [2.05, 4.69) is 28.1 Å². The molecule has 0 aromatic carbocycles. The van der Waals surface area contributed by atoms with Crippen LogP contribution in [0.15, 0.2) is 0 Å². The van der Waals surface area contributed by atoms with Crippen LogP contribution in [0.5, 0.6) is 0 Å². The number of ether oxygens (including phenoxy) is 1. The zero-order valence-electron chi connectivity index (χ0n) is 11.3. The SMILES string of the molecule is COC1CCN(c2nc(C(C)C)ns2)C(CN)C1. The van der Waals surface area contributed by atoms with Gasteiger partial charge in [0.25, 0.3) is 0 Å². The van der Waals surface area contributed by atoms with E-state index in [9.17, 15) is 0 Å². The average Bonchev–Trinajstić information content (AvgIpc) is 2.87. The van der Waals surface area contributed by atoms with Crippen molar-refractivity contribution in [1.29, 1.82) is 0 Å². The van der Waals surface area contributed by atoms with Crippen LogP contribution in [0.25, 0.3) is 0 Å². The number of hydrogen-bond acceptors (Lipinski definition) is 6. The van der Waals surface area contributed by atoms with Crippen LogP contribution in [-0.2, 0) is 4.74 Å². The molecular formula is C12H22N4OS. The Bertz CT molecular complexity index is 382. The van der Waals surface area contributed by atoms with E-state index in [0.717, 1.165) is 30.3 Å². The molecular weight excluding hydrogens is 248 g/mol. The topological polar surface area (TPSA) is 64.3 Å². The molecule has 1 aromatic heterocycles. The van der Waals surface area contributed by atoms with Crippen LogP contribution in [0.4, 0.5) is 5.13 Å². The van der Waals surface area contributed by atoms with Gasteiger partial charge in [0.15, 0.2) is 0 Å². The first kappa shape index (κ1) is 13.7. The Morgan fingerprint density at radius 1 is 1.56 bits per heavy atom. The van der Waals surface area contributed by atoms with Crippen LogP contribution < -0.4 is 10.6 Å². The molecule has 1 aromatic rings. The third-order valence-corrected chi connectivity index (χ3v) is 4.23. The first-order valence-electron chi connectivity index (χ1n) is 6.48. The van der Waals surface area contributed by atoms with E-state index < -0.39 is 0 Å². The summed E-state index contributed by atoms with van der Waals surface area (Å²) in [5, 5.41) is 1.00. The van der Waals surface area contributed by atoms with Crippen molar-refractivity contribution in [2.24, 2.45) is 5.73 Å². The summed E-state index contributed by atoms with van der Waals surface area (Å²) in [6, 6.07) is 0.316. The summed E-state index contributed by atoms with van der Waals surface area (Å²) >= 11 is 1.48. The summed E-state index contributed by atoms with van der Waals surface area (Å²) in [7, 11) is 1.77. The number of aromatic nitrogens is 2. The standard InChI is InChI=1S/C12H22N4OS/c1-8(2)11-14-12(18-15-11)16-5-4-10(17-3)6-9(16)7-13/h8-10H,4-7,13H2,1-3H3. The molecule has 0 spiro atoms. The molecule has 18 heavy (non-hydrogen) atoms. The quantitative estimate of drug-likeness (QED) is 0.900. The van der Waals surface area contributed by atoms with E-state index in [0.29, 0.717) is 24.6 Å². The lowest BCUT2D eigenvalue weighted by atomic mass is 10.00. The van der Waals surface area contributed by atoms with Gasteiger partial charge < -0.3 is 15.4 Å². The van der Waals surface area contributed by atoms with Crippen molar-refractivity contribution in [2.45, 2.75) is 44.8 Å². The lowest BCUT2D eigenvalue weighted by Gasteiger charge is -2.38. The lowest BCUT2D eigenvalue weighted by molar-refractivity contribution is 0.0709. The fourth-order valence-corrected chi connectivity index (χ4v) is 3.19. The molecule has 1 saturated heterocycles. The van der Waals surface area contributed by atoms with Crippen molar-refractivity contribution in [3.63, 3.8) is 0 Å². The molecule has 0 radical (unpaired) electrons. The Morgan fingerprint density at radius 3 is 2.89 bits per heavy atom. The number of methoxy groups -OCH3 is 1. The Hall–Kier alpha value is -0.720. The zero-order valence-corrected chi connectivity index (χ0v) is 12.1. The highest BCUT2D eigenvalue weighted by atomic mass is 32.1. The number of hydrogen-bond donors (Lipinski definition) is 1. The molecule has 1 aliphatic heterocycles. The van der Waals surface area contributed by atoms with Gasteiger partial charge >= 0.3 is 0 Å². The minimum Gasteiger partial charge on any atom is -0.381 e. The van der Waals surface area contributed by atoms with Gasteiger partial charge in [-0.05, 0) is 12.8 Å². The summed E-state index contributed by atoms with van der Waals surface area (Å²) in [5.41, 5.74) is 5.87. The Morgan fingerprint density at radius 2 is 2.33 bits per heavy atom. The average molecular weight is 270 g/mol. The minimum absolute atomic E-state index is 0.316. The van der Waals surface area contributed by atoms with Crippen LogP contribution in [-0.4, -0.2) is 41.7 Å². The van der Waals surface area contributed by atoms with E-state index >= 15 is 0 Å². The van der Waals surface area contributed by atoms with E-state index in [1.165, 1.54) is 11.5 Å². The number of anilines is 1. The normalized spacial score (nSPS) is 24.8. The third-order valence-electron chi connectivity index (χ3n) is 3.47. The molecule has 2 heterocycles. The van der Waals surface area contributed by atoms with E-state index in [1.807, 2.05) is 0 Å². The molecule has 2 rings (SSSR count). The van der Waals surface area contributed by atoms with Crippen molar-refractivity contribution < 1.29 is 4.74 Å². The van der Waals surface area contributed by atoms with Crippen molar-refractivity contribution in [2.75, 3.05) is 25.1 Å².